The van der Waals surface area contributed by atoms with Crippen molar-refractivity contribution in [3.8, 4) is 39.4 Å². The molecule has 1 aliphatic heterocycles. The molecule has 6 aromatic rings. The number of nitrogens with one attached hydrogen (secondary N) is 3. The van der Waals surface area contributed by atoms with E-state index in [2.05, 4.69) is 71.3 Å². The molecule has 194 valence electrons. The van der Waals surface area contributed by atoms with Gasteiger partial charge in [0.25, 0.3) is 0 Å². The fourth-order valence-electron chi connectivity index (χ4n) is 5.27. The summed E-state index contributed by atoms with van der Waals surface area (Å²) in [5.74, 6) is 0.516. The maximum atomic E-state index is 14.6. The lowest BCUT2D eigenvalue weighted by atomic mass is 10.0. The van der Waals surface area contributed by atoms with Crippen LogP contribution in [-0.2, 0) is 0 Å². The number of hydrogen-bond acceptors (Lipinski definition) is 5. The molecule has 1 aliphatic rings. The van der Waals surface area contributed by atoms with E-state index in [1.165, 1.54) is 6.07 Å². The summed E-state index contributed by atoms with van der Waals surface area (Å²) in [6, 6.07) is 16.9. The van der Waals surface area contributed by atoms with Gasteiger partial charge in [-0.3, -0.25) is 10.1 Å². The van der Waals surface area contributed by atoms with E-state index in [-0.39, 0.29) is 11.9 Å². The lowest BCUT2D eigenvalue weighted by Gasteiger charge is -2.23. The summed E-state index contributed by atoms with van der Waals surface area (Å²) in [6.07, 6.45) is 7.53. The number of aromatic amines is 2. The van der Waals surface area contributed by atoms with Gasteiger partial charge in [-0.1, -0.05) is 18.2 Å². The smallest absolute Gasteiger partial charge is 0.138 e. The molecule has 1 saturated heterocycles. The van der Waals surface area contributed by atoms with Gasteiger partial charge in [0, 0.05) is 37.9 Å². The molecule has 0 radical (unpaired) electrons. The predicted octanol–water partition coefficient (Wildman–Crippen LogP) is 6.71. The Bertz CT molecular complexity index is 1820. The Morgan fingerprint density at radius 1 is 0.923 bits per heavy atom. The number of benzene rings is 2. The van der Waals surface area contributed by atoms with Gasteiger partial charge in [-0.25, -0.2) is 9.37 Å². The first-order valence-electron chi connectivity index (χ1n) is 12.9. The fraction of sp³-hybridized carbons (Fsp3) is 0.167. The lowest BCUT2D eigenvalue weighted by molar-refractivity contribution is 0.162. The van der Waals surface area contributed by atoms with Gasteiger partial charge in [0.05, 0.1) is 17.4 Å². The molecule has 9 heteroatoms. The molecule has 0 bridgehead atoms. The van der Waals surface area contributed by atoms with E-state index in [1.807, 2.05) is 24.4 Å². The third-order valence-electron chi connectivity index (χ3n) is 7.21. The number of rotatable bonds is 5. The van der Waals surface area contributed by atoms with Crippen molar-refractivity contribution in [3.63, 3.8) is 0 Å². The summed E-state index contributed by atoms with van der Waals surface area (Å²) in [6.45, 7) is 1.95. The van der Waals surface area contributed by atoms with Crippen LogP contribution in [0, 0.1) is 9.39 Å². The first-order chi connectivity index (χ1) is 19.1. The Morgan fingerprint density at radius 2 is 1.79 bits per heavy atom. The van der Waals surface area contributed by atoms with Crippen LogP contribution < -0.4 is 10.1 Å². The van der Waals surface area contributed by atoms with E-state index in [9.17, 15) is 4.39 Å². The van der Waals surface area contributed by atoms with Crippen LogP contribution in [0.2, 0.25) is 0 Å². The molecule has 39 heavy (non-hydrogen) atoms. The Labute approximate surface area is 237 Å². The number of piperidine rings is 1. The Balaban J connectivity index is 1.29. The average Bonchev–Trinajstić information content (AvgIpc) is 3.57. The van der Waals surface area contributed by atoms with Gasteiger partial charge in [0.1, 0.15) is 29.0 Å². The zero-order valence-electron chi connectivity index (χ0n) is 20.8. The fourth-order valence-corrected chi connectivity index (χ4v) is 6.05. The largest absolute Gasteiger partial charge is 0.489 e. The van der Waals surface area contributed by atoms with Gasteiger partial charge in [-0.15, -0.1) is 0 Å². The molecule has 5 heterocycles. The minimum Gasteiger partial charge on any atom is -0.489 e. The third-order valence-corrected chi connectivity index (χ3v) is 8.11. The molecule has 0 saturated carbocycles. The number of ether oxygens (including phenoxy) is 1. The standard InChI is InChI=1S/C30H24FIN6O/c31-25-4-2-1-3-21(25)20-7-10-35-30-23(20)13-28(36-30)29-24-12-22(26(32)14-27(24)37-38-29)17-11-19(16-34-15-17)39-18-5-8-33-9-6-18/h1-4,7,10-16,18,33H,5-6,8-9H2,(H,35,36)(H,37,38). The summed E-state index contributed by atoms with van der Waals surface area (Å²) in [7, 11) is 0. The van der Waals surface area contributed by atoms with Gasteiger partial charge in [0.2, 0.25) is 0 Å². The summed E-state index contributed by atoms with van der Waals surface area (Å²) >= 11 is 2.35. The van der Waals surface area contributed by atoms with Crippen LogP contribution in [0.1, 0.15) is 12.8 Å². The van der Waals surface area contributed by atoms with Crippen LogP contribution in [0.4, 0.5) is 4.39 Å². The minimum absolute atomic E-state index is 0.204. The van der Waals surface area contributed by atoms with Gasteiger partial charge in [-0.05, 0) is 96.0 Å². The molecule has 0 aliphatic carbocycles. The van der Waals surface area contributed by atoms with Crippen molar-refractivity contribution in [3.05, 3.63) is 82.6 Å². The van der Waals surface area contributed by atoms with Crippen LogP contribution in [-0.4, -0.2) is 44.3 Å². The third kappa shape index (κ3) is 4.55. The van der Waals surface area contributed by atoms with E-state index in [1.54, 1.807) is 24.5 Å². The van der Waals surface area contributed by atoms with Gasteiger partial charge in [-0.2, -0.15) is 5.10 Å². The second kappa shape index (κ2) is 10.0. The van der Waals surface area contributed by atoms with E-state index in [0.717, 1.165) is 79.6 Å². The molecule has 0 spiro atoms. The molecule has 1 fully saturated rings. The monoisotopic (exact) mass is 630 g/mol. The Morgan fingerprint density at radius 3 is 2.67 bits per heavy atom. The van der Waals surface area contributed by atoms with Gasteiger partial charge < -0.3 is 15.0 Å². The van der Waals surface area contributed by atoms with Crippen molar-refractivity contribution in [1.82, 2.24) is 30.5 Å². The van der Waals surface area contributed by atoms with E-state index in [0.29, 0.717) is 11.2 Å². The van der Waals surface area contributed by atoms with Gasteiger partial charge >= 0.3 is 0 Å². The highest BCUT2D eigenvalue weighted by Gasteiger charge is 2.19. The number of hydrogen-bond donors (Lipinski definition) is 3. The maximum Gasteiger partial charge on any atom is 0.138 e. The number of halogens is 2. The highest BCUT2D eigenvalue weighted by molar-refractivity contribution is 14.1. The SMILES string of the molecule is Fc1ccccc1-c1ccnc2[nH]c(-c3n[nH]c4cc(I)c(-c5cncc(OC6CCNCC6)c5)cc34)cc12. The van der Waals surface area contributed by atoms with E-state index in [4.69, 9.17) is 4.74 Å². The predicted molar refractivity (Wildman–Crippen MR) is 159 cm³/mol. The topological polar surface area (TPSA) is 91.5 Å². The zero-order valence-corrected chi connectivity index (χ0v) is 23.0. The molecule has 3 N–H and O–H groups in total. The van der Waals surface area contributed by atoms with Crippen LogP contribution >= 0.6 is 22.6 Å². The second-order valence-electron chi connectivity index (χ2n) is 9.71. The molecule has 7 rings (SSSR count). The van der Waals surface area contributed by atoms with Crippen LogP contribution in [0.25, 0.3) is 55.6 Å². The first kappa shape index (κ1) is 24.2. The second-order valence-corrected chi connectivity index (χ2v) is 10.9. The highest BCUT2D eigenvalue weighted by Crippen LogP contribution is 2.37. The minimum atomic E-state index is -0.267. The zero-order chi connectivity index (χ0) is 26.3. The number of pyridine rings is 2. The summed E-state index contributed by atoms with van der Waals surface area (Å²) in [4.78, 5) is 12.4. The first-order valence-corrected chi connectivity index (χ1v) is 14.0. The Kier molecular flexibility index (Phi) is 6.24. The lowest BCUT2D eigenvalue weighted by Crippen LogP contribution is -2.34. The number of fused-ring (bicyclic) bond motifs is 2. The van der Waals surface area contributed by atoms with Crippen LogP contribution in [0.5, 0.6) is 5.75 Å². The van der Waals surface area contributed by atoms with Crippen LogP contribution in [0.15, 0.2) is 73.2 Å². The summed E-state index contributed by atoms with van der Waals surface area (Å²) in [5.41, 5.74) is 6.55. The average molecular weight is 630 g/mol. The van der Waals surface area contributed by atoms with Crippen LogP contribution in [0.3, 0.4) is 0 Å². The summed E-state index contributed by atoms with van der Waals surface area (Å²) in [5, 5.41) is 13.0. The summed E-state index contributed by atoms with van der Waals surface area (Å²) < 4.78 is 22.0. The normalized spacial score (nSPS) is 14.3. The van der Waals surface area contributed by atoms with Crippen molar-refractivity contribution in [2.75, 3.05) is 13.1 Å². The molecule has 2 aromatic carbocycles. The Hall–Kier alpha value is -3.83. The quantitative estimate of drug-likeness (QED) is 0.184. The molecule has 0 atom stereocenters. The highest BCUT2D eigenvalue weighted by atomic mass is 127. The molecular formula is C30H24FIN6O. The maximum absolute atomic E-state index is 14.6. The molecule has 0 unspecified atom stereocenters. The number of nitrogens with zero attached hydrogens (tertiary/aromatic N) is 3. The van der Waals surface area contributed by atoms with Gasteiger partial charge in [0.15, 0.2) is 0 Å². The molecule has 0 amide bonds. The van der Waals surface area contributed by atoms with E-state index >= 15 is 0 Å². The number of aromatic nitrogens is 5. The molecule has 7 nitrogen and oxygen atoms in total. The molecule has 4 aromatic heterocycles. The van der Waals surface area contributed by atoms with Crippen molar-refractivity contribution in [1.29, 1.82) is 0 Å². The van der Waals surface area contributed by atoms with Crippen molar-refractivity contribution < 1.29 is 9.13 Å². The van der Waals surface area contributed by atoms with Crippen molar-refractivity contribution in [2.24, 2.45) is 0 Å². The van der Waals surface area contributed by atoms with Crippen molar-refractivity contribution in [2.45, 2.75) is 18.9 Å². The van der Waals surface area contributed by atoms with E-state index < -0.39 is 0 Å². The molecular weight excluding hydrogens is 606 g/mol. The number of H-pyrrole nitrogens is 2. The van der Waals surface area contributed by atoms with Crippen molar-refractivity contribution >= 4 is 44.5 Å².